The number of aliphatic hydroxyl groups is 1. The van der Waals surface area contributed by atoms with Crippen LogP contribution in [0.2, 0.25) is 0 Å². The maximum absolute atomic E-state index is 16.1. The summed E-state index contributed by atoms with van der Waals surface area (Å²) in [5.74, 6) is -11.3. The van der Waals surface area contributed by atoms with Crippen LogP contribution in [0.3, 0.4) is 0 Å². The number of aliphatic hydroxyl groups excluding tert-OH is 1. The third-order valence-corrected chi connectivity index (χ3v) is 12.1. The number of alkyl halides is 10. The fourth-order valence-corrected chi connectivity index (χ4v) is 7.61. The van der Waals surface area contributed by atoms with Crippen LogP contribution in [0.25, 0.3) is 22.3 Å². The maximum atomic E-state index is 16.1. The molecule has 27 heteroatoms. The number of imide groups is 1. The minimum Gasteiger partial charge on any atom is -0.391 e. The van der Waals surface area contributed by atoms with E-state index in [0.717, 1.165) is 24.8 Å². The summed E-state index contributed by atoms with van der Waals surface area (Å²) in [6, 6.07) is 3.67. The van der Waals surface area contributed by atoms with Crippen molar-refractivity contribution in [1.29, 1.82) is 0 Å². The second-order valence-corrected chi connectivity index (χ2v) is 17.3. The van der Waals surface area contributed by atoms with Gasteiger partial charge in [0.05, 0.1) is 29.3 Å². The average molecular weight is 1030 g/mol. The highest BCUT2D eigenvalue weighted by Crippen LogP contribution is 2.51. The van der Waals surface area contributed by atoms with Crippen LogP contribution in [0, 0.1) is 28.4 Å². The molecule has 5 N–H and O–H groups in total. The van der Waals surface area contributed by atoms with Gasteiger partial charge in [-0.3, -0.25) is 34.7 Å². The highest BCUT2D eigenvalue weighted by molar-refractivity contribution is 5.98. The first-order valence-electron chi connectivity index (χ1n) is 21.3. The van der Waals surface area contributed by atoms with Crippen LogP contribution in [0.5, 0.6) is 0 Å². The Hall–Kier alpha value is -6.51. The Balaban J connectivity index is 2.00. The molecule has 2 heterocycles. The van der Waals surface area contributed by atoms with Gasteiger partial charge in [0.15, 0.2) is 0 Å². The lowest BCUT2D eigenvalue weighted by molar-refractivity contribution is -0.248. The third-order valence-electron chi connectivity index (χ3n) is 12.1. The van der Waals surface area contributed by atoms with Crippen LogP contribution in [0.4, 0.5) is 52.7 Å². The number of hydrogen-bond donors (Lipinski definition) is 5. The molecule has 0 spiro atoms. The SMILES string of the molecule is CCC(=O)N[C@H](C(=O)NN(Cc1c(F)cc(-c2cnn(C(F)F)c2)cc1F)C[C@@H](O)[C@@H](Cc1ccc(-c2cnn(C(F)F)c2)cc1)[C@@](NC(=O)CC)(C(=O)NC=O)C(C)(C)C(F)(F)F)C(C)(C)C(F)(F)F. The van der Waals surface area contributed by atoms with E-state index in [-0.39, 0.29) is 38.9 Å². The van der Waals surface area contributed by atoms with E-state index in [1.807, 2.05) is 16.1 Å². The van der Waals surface area contributed by atoms with Gasteiger partial charge in [0, 0.05) is 60.9 Å². The predicted molar refractivity (Wildman–Crippen MR) is 227 cm³/mol. The summed E-state index contributed by atoms with van der Waals surface area (Å²) in [5.41, 5.74) is -9.53. The van der Waals surface area contributed by atoms with Crippen molar-refractivity contribution in [2.24, 2.45) is 16.7 Å². The first-order chi connectivity index (χ1) is 32.9. The molecule has 4 atom stereocenters. The van der Waals surface area contributed by atoms with Crippen LogP contribution in [-0.4, -0.2) is 96.3 Å². The summed E-state index contributed by atoms with van der Waals surface area (Å²) in [7, 11) is 0. The molecule has 4 aromatic rings. The Kier molecular flexibility index (Phi) is 17.9. The molecule has 0 aliphatic rings. The Morgan fingerprint density at radius 1 is 0.761 bits per heavy atom. The molecule has 390 valence electrons. The van der Waals surface area contributed by atoms with Crippen molar-refractivity contribution in [1.82, 2.24) is 45.9 Å². The molecule has 0 unspecified atom stereocenters. The van der Waals surface area contributed by atoms with E-state index in [2.05, 4.69) is 10.2 Å². The number of amides is 5. The van der Waals surface area contributed by atoms with Gasteiger partial charge in [0.1, 0.15) is 23.2 Å². The Morgan fingerprint density at radius 3 is 1.70 bits per heavy atom. The van der Waals surface area contributed by atoms with Crippen LogP contribution >= 0.6 is 0 Å². The largest absolute Gasteiger partial charge is 0.396 e. The zero-order chi connectivity index (χ0) is 53.6. The summed E-state index contributed by atoms with van der Waals surface area (Å²) in [6.07, 6.45) is -12.1. The van der Waals surface area contributed by atoms with E-state index >= 15 is 22.0 Å². The molecular weight excluding hydrogens is 979 g/mol. The van der Waals surface area contributed by atoms with E-state index in [1.54, 1.807) is 5.32 Å². The number of carbonyl (C=O) groups is 5. The molecular formula is C44H49F12N9O6. The van der Waals surface area contributed by atoms with Crippen molar-refractivity contribution in [2.45, 2.75) is 110 Å². The molecule has 0 saturated heterocycles. The minimum atomic E-state index is -5.53. The molecule has 71 heavy (non-hydrogen) atoms. The number of nitrogens with one attached hydrogen (secondary N) is 4. The summed E-state index contributed by atoms with van der Waals surface area (Å²) >= 11 is 0. The van der Waals surface area contributed by atoms with Gasteiger partial charge < -0.3 is 15.7 Å². The molecule has 2 aromatic heterocycles. The van der Waals surface area contributed by atoms with Gasteiger partial charge in [-0.05, 0) is 62.9 Å². The van der Waals surface area contributed by atoms with E-state index in [1.165, 1.54) is 38.1 Å². The Morgan fingerprint density at radius 2 is 1.27 bits per heavy atom. The first kappa shape index (κ1) is 57.1. The molecule has 5 amide bonds. The number of hydrazine groups is 1. The van der Waals surface area contributed by atoms with Crippen molar-refractivity contribution in [3.63, 3.8) is 0 Å². The van der Waals surface area contributed by atoms with Gasteiger partial charge in [0.25, 0.3) is 11.8 Å². The molecule has 0 fully saturated rings. The molecule has 0 bridgehead atoms. The van der Waals surface area contributed by atoms with Crippen LogP contribution in [0.15, 0.2) is 61.2 Å². The van der Waals surface area contributed by atoms with Gasteiger partial charge >= 0.3 is 25.5 Å². The normalized spacial score (nSPS) is 14.7. The van der Waals surface area contributed by atoms with E-state index in [0.29, 0.717) is 49.5 Å². The smallest absolute Gasteiger partial charge is 0.391 e. The van der Waals surface area contributed by atoms with Crippen molar-refractivity contribution in [2.75, 3.05) is 6.54 Å². The lowest BCUT2D eigenvalue weighted by atomic mass is 9.60. The van der Waals surface area contributed by atoms with Crippen LogP contribution in [-0.2, 0) is 36.9 Å². The minimum absolute atomic E-state index is 0.0567. The van der Waals surface area contributed by atoms with Gasteiger partial charge in [0.2, 0.25) is 18.2 Å². The second kappa shape index (κ2) is 22.3. The number of nitrogens with zero attached hydrogens (tertiary/aromatic N) is 5. The van der Waals surface area contributed by atoms with Crippen LogP contribution < -0.4 is 21.4 Å². The van der Waals surface area contributed by atoms with Crippen LogP contribution in [0.1, 0.15) is 78.6 Å². The predicted octanol–water partition coefficient (Wildman–Crippen LogP) is 7.14. The number of hydrogen-bond acceptors (Lipinski definition) is 9. The Bertz CT molecular complexity index is 2510. The number of halogens is 12. The lowest BCUT2D eigenvalue weighted by Gasteiger charge is -2.52. The van der Waals surface area contributed by atoms with Crippen molar-refractivity contribution in [3.8, 4) is 22.3 Å². The number of rotatable bonds is 22. The number of aromatic nitrogens is 4. The fourth-order valence-electron chi connectivity index (χ4n) is 7.61. The quantitative estimate of drug-likeness (QED) is 0.0309. The molecule has 2 aromatic carbocycles. The third kappa shape index (κ3) is 12.5. The van der Waals surface area contributed by atoms with Gasteiger partial charge in [-0.25, -0.2) is 23.2 Å². The van der Waals surface area contributed by atoms with Gasteiger partial charge in [-0.1, -0.05) is 38.1 Å². The molecule has 0 aliphatic carbocycles. The topological polar surface area (TPSA) is 193 Å². The fraction of sp³-hybridized carbons (Fsp3) is 0.477. The van der Waals surface area contributed by atoms with Crippen molar-refractivity contribution >= 4 is 30.0 Å². The summed E-state index contributed by atoms with van der Waals surface area (Å²) in [4.78, 5) is 66.1. The van der Waals surface area contributed by atoms with E-state index < -0.39 is 133 Å². The molecule has 0 aliphatic heterocycles. The van der Waals surface area contributed by atoms with E-state index in [9.17, 15) is 59.8 Å². The second-order valence-electron chi connectivity index (χ2n) is 17.3. The summed E-state index contributed by atoms with van der Waals surface area (Å²) in [6.45, 7) is -4.59. The molecule has 0 saturated carbocycles. The highest BCUT2D eigenvalue weighted by atomic mass is 19.4. The first-order valence-corrected chi connectivity index (χ1v) is 21.3. The highest BCUT2D eigenvalue weighted by Gasteiger charge is 2.69. The van der Waals surface area contributed by atoms with Crippen molar-refractivity contribution < 1.29 is 81.8 Å². The monoisotopic (exact) mass is 1030 g/mol. The zero-order valence-corrected chi connectivity index (χ0v) is 38.5. The van der Waals surface area contributed by atoms with Gasteiger partial charge in [-0.15, -0.1) is 0 Å². The summed E-state index contributed by atoms with van der Waals surface area (Å²) in [5, 5.41) is 25.3. The van der Waals surface area contributed by atoms with E-state index in [4.69, 9.17) is 0 Å². The number of carbonyl (C=O) groups excluding carboxylic acids is 5. The zero-order valence-electron chi connectivity index (χ0n) is 38.5. The van der Waals surface area contributed by atoms with Gasteiger partial charge in [-0.2, -0.15) is 54.1 Å². The molecule has 0 radical (unpaired) electrons. The standard InChI is InChI=1S/C44H49F12N9O6/c1-7-33(68)60-35(40(3,4)43(51,52)53)36(70)62-63(20-28-30(45)14-25(15-31(28)46)27-17-59-65(19-27)39(49)50)21-32(67)29(13-23-9-11-24(12-10-23)26-16-58-64(18-26)38(47)48)42(37(71)57-22-66,61-34(69)8-2)41(5,6)44(54,55)56/h9-12,14-19,22,29,32,35,38-39,67H,7-8,13,20-21H2,1-6H3,(H,60,68)(H,61,69)(H,62,70)(H,57,66,71)/t29-,32-,35-,42-/m1/s1. The lowest BCUT2D eigenvalue weighted by Crippen LogP contribution is -2.75. The average Bonchev–Trinajstić information content (AvgIpc) is 3.99. The Labute approximate surface area is 397 Å². The summed E-state index contributed by atoms with van der Waals surface area (Å²) < 4.78 is 176. The molecule has 15 nitrogen and oxygen atoms in total. The number of benzene rings is 2. The van der Waals surface area contributed by atoms with Crippen molar-refractivity contribution in [3.05, 3.63) is 83.9 Å². The maximum Gasteiger partial charge on any atom is 0.396 e. The molecule has 4 rings (SSSR count).